The predicted octanol–water partition coefficient (Wildman–Crippen LogP) is 6.32. The van der Waals surface area contributed by atoms with E-state index in [1.165, 1.54) is 38.3 Å². The van der Waals surface area contributed by atoms with E-state index in [-0.39, 0.29) is 13.0 Å². The Kier molecular flexibility index (Phi) is 4.85. The molecule has 6 unspecified atom stereocenters. The Labute approximate surface area is 144 Å². The zero-order valence-electron chi connectivity index (χ0n) is 15.6. The molecule has 1 aliphatic heterocycles. The SMILES string of the molecule is C=C/C=C1/CCC2C(CCC3(C)C2CC/[PH]3=C\C)C1(C)/C=C\C. The molecule has 3 rings (SSSR count). The highest BCUT2D eigenvalue weighted by Crippen LogP contribution is 2.67. The van der Waals surface area contributed by atoms with Gasteiger partial charge in [-0.3, -0.25) is 0 Å². The van der Waals surface area contributed by atoms with Crippen LogP contribution in [-0.4, -0.2) is 17.1 Å². The van der Waals surface area contributed by atoms with Crippen LogP contribution in [0.5, 0.6) is 0 Å². The average Bonchev–Trinajstić information content (AvgIpc) is 2.87. The molecule has 0 nitrogen and oxygen atoms in total. The summed E-state index contributed by atoms with van der Waals surface area (Å²) in [4.78, 5) is 0. The van der Waals surface area contributed by atoms with Gasteiger partial charge in [-0.25, -0.2) is 0 Å². The normalized spacial score (nSPS) is 48.6. The lowest BCUT2D eigenvalue weighted by Crippen LogP contribution is -2.49. The van der Waals surface area contributed by atoms with Gasteiger partial charge in [-0.1, -0.05) is 56.1 Å². The molecule has 2 saturated carbocycles. The van der Waals surface area contributed by atoms with Crippen molar-refractivity contribution in [2.75, 3.05) is 6.16 Å². The third kappa shape index (κ3) is 2.57. The first-order valence-corrected chi connectivity index (χ1v) is 11.4. The van der Waals surface area contributed by atoms with Crippen molar-refractivity contribution in [2.24, 2.45) is 23.2 Å². The van der Waals surface area contributed by atoms with Crippen LogP contribution in [-0.2, 0) is 0 Å². The molecular formula is C22H35P. The molecule has 1 heterocycles. The Morgan fingerprint density at radius 1 is 1.13 bits per heavy atom. The van der Waals surface area contributed by atoms with Gasteiger partial charge in [0, 0.05) is 5.41 Å². The molecule has 1 heteroatoms. The van der Waals surface area contributed by atoms with E-state index in [9.17, 15) is 0 Å². The molecule has 1 saturated heterocycles. The zero-order valence-corrected chi connectivity index (χ0v) is 16.6. The Morgan fingerprint density at radius 3 is 2.57 bits per heavy atom. The highest BCUT2D eigenvalue weighted by atomic mass is 31.1. The van der Waals surface area contributed by atoms with Gasteiger partial charge in [0.2, 0.25) is 0 Å². The second kappa shape index (κ2) is 6.44. The van der Waals surface area contributed by atoms with Crippen LogP contribution >= 0.6 is 7.55 Å². The molecule has 0 radical (unpaired) electrons. The lowest BCUT2D eigenvalue weighted by molar-refractivity contribution is 0.0381. The lowest BCUT2D eigenvalue weighted by Gasteiger charge is -2.56. The Balaban J connectivity index is 1.99. The van der Waals surface area contributed by atoms with Gasteiger partial charge in [-0.05, 0) is 75.0 Å². The van der Waals surface area contributed by atoms with E-state index in [2.05, 4.69) is 58.3 Å². The fourth-order valence-electron chi connectivity index (χ4n) is 6.57. The van der Waals surface area contributed by atoms with Gasteiger partial charge in [0.15, 0.2) is 0 Å². The van der Waals surface area contributed by atoms with E-state index < -0.39 is 0 Å². The molecule has 0 amide bonds. The van der Waals surface area contributed by atoms with E-state index >= 15 is 0 Å². The molecule has 3 aliphatic rings. The van der Waals surface area contributed by atoms with Crippen molar-refractivity contribution in [3.8, 4) is 0 Å². The summed E-state index contributed by atoms with van der Waals surface area (Å²) < 4.78 is 0. The second-order valence-corrected chi connectivity index (χ2v) is 11.7. The minimum atomic E-state index is -0.244. The maximum atomic E-state index is 3.97. The van der Waals surface area contributed by atoms with Crippen LogP contribution in [0, 0.1) is 23.2 Å². The second-order valence-electron chi connectivity index (χ2n) is 8.43. The van der Waals surface area contributed by atoms with Crippen LogP contribution in [0.2, 0.25) is 0 Å². The van der Waals surface area contributed by atoms with Crippen molar-refractivity contribution in [1.29, 1.82) is 0 Å². The zero-order chi connectivity index (χ0) is 16.7. The van der Waals surface area contributed by atoms with E-state index in [0.29, 0.717) is 5.16 Å². The molecule has 0 spiro atoms. The van der Waals surface area contributed by atoms with E-state index in [1.54, 1.807) is 5.57 Å². The monoisotopic (exact) mass is 330 g/mol. The number of allylic oxidation sites excluding steroid dienone is 5. The van der Waals surface area contributed by atoms with Crippen molar-refractivity contribution >= 4 is 13.3 Å². The minimum Gasteiger partial charge on any atom is -0.116 e. The van der Waals surface area contributed by atoms with Crippen LogP contribution < -0.4 is 0 Å². The number of hydrogen-bond acceptors (Lipinski definition) is 0. The summed E-state index contributed by atoms with van der Waals surface area (Å²) in [5, 5.41) is 0.678. The molecule has 128 valence electrons. The van der Waals surface area contributed by atoms with Crippen molar-refractivity contribution < 1.29 is 0 Å². The van der Waals surface area contributed by atoms with Crippen molar-refractivity contribution in [3.05, 3.63) is 36.5 Å². The van der Waals surface area contributed by atoms with Gasteiger partial charge in [-0.2, -0.15) is 0 Å². The Morgan fingerprint density at radius 2 is 1.91 bits per heavy atom. The first-order valence-electron chi connectivity index (χ1n) is 9.63. The summed E-state index contributed by atoms with van der Waals surface area (Å²) in [6.45, 7) is 13.7. The molecule has 3 fully saturated rings. The molecule has 0 bridgehead atoms. The van der Waals surface area contributed by atoms with E-state index in [1.807, 2.05) is 6.08 Å². The van der Waals surface area contributed by atoms with Crippen molar-refractivity contribution in [3.63, 3.8) is 0 Å². The molecular weight excluding hydrogens is 295 g/mol. The maximum absolute atomic E-state index is 3.97. The number of rotatable bonds is 2. The van der Waals surface area contributed by atoms with Crippen LogP contribution in [0.15, 0.2) is 36.5 Å². The summed E-state index contributed by atoms with van der Waals surface area (Å²) >= 11 is 0. The maximum Gasteiger partial charge on any atom is 0.00964 e. The Hall–Kier alpha value is -0.480. The summed E-state index contributed by atoms with van der Waals surface area (Å²) in [5.74, 6) is 5.39. The van der Waals surface area contributed by atoms with E-state index in [0.717, 1.165) is 17.8 Å². The van der Waals surface area contributed by atoms with Gasteiger partial charge >= 0.3 is 0 Å². The van der Waals surface area contributed by atoms with Crippen LogP contribution in [0.4, 0.5) is 0 Å². The highest BCUT2D eigenvalue weighted by Gasteiger charge is 2.55. The largest absolute Gasteiger partial charge is 0.116 e. The molecule has 0 aromatic rings. The summed E-state index contributed by atoms with van der Waals surface area (Å²) in [6, 6.07) is 0. The topological polar surface area (TPSA) is 0 Å². The minimum absolute atomic E-state index is 0.244. The lowest BCUT2D eigenvalue weighted by atomic mass is 9.51. The standard InChI is InChI=1S/C22H35P/c1-6-9-17-10-11-18-19(21(17,4)14-7-2)12-15-22(5)20(18)13-16-23(22)8-3/h6-9,14,18-20,23H,1,10-13,15-16H2,2-5H3/b14-7-,17-9-. The van der Waals surface area contributed by atoms with E-state index in [4.69, 9.17) is 0 Å². The fraction of sp³-hybridized carbons (Fsp3) is 0.682. The molecule has 0 aromatic carbocycles. The Bertz CT molecular complexity index is 567. The van der Waals surface area contributed by atoms with Gasteiger partial charge in [0.1, 0.15) is 0 Å². The number of hydrogen-bond donors (Lipinski definition) is 0. The summed E-state index contributed by atoms with van der Waals surface area (Å²) in [7, 11) is -0.244. The van der Waals surface area contributed by atoms with Crippen LogP contribution in [0.1, 0.15) is 59.8 Å². The number of fused-ring (bicyclic) bond motifs is 3. The van der Waals surface area contributed by atoms with Gasteiger partial charge in [-0.15, -0.1) is 7.55 Å². The molecule has 23 heavy (non-hydrogen) atoms. The molecule has 0 N–H and O–H groups in total. The third-order valence-electron chi connectivity index (χ3n) is 7.67. The van der Waals surface area contributed by atoms with Gasteiger partial charge < -0.3 is 0 Å². The van der Waals surface area contributed by atoms with Crippen LogP contribution in [0.3, 0.4) is 0 Å². The van der Waals surface area contributed by atoms with Crippen LogP contribution in [0.25, 0.3) is 0 Å². The first-order chi connectivity index (χ1) is 11.0. The molecule has 6 atom stereocenters. The summed E-state index contributed by atoms with van der Waals surface area (Å²) in [5.41, 5.74) is 1.89. The summed E-state index contributed by atoms with van der Waals surface area (Å²) in [6.07, 6.45) is 17.7. The fourth-order valence-corrected chi connectivity index (χ4v) is 10.0. The molecule has 2 aliphatic carbocycles. The van der Waals surface area contributed by atoms with Crippen molar-refractivity contribution in [2.45, 2.75) is 65.0 Å². The van der Waals surface area contributed by atoms with Crippen molar-refractivity contribution in [1.82, 2.24) is 0 Å². The quantitative estimate of drug-likeness (QED) is 0.411. The highest BCUT2D eigenvalue weighted by molar-refractivity contribution is 7.59. The first kappa shape index (κ1) is 17.3. The van der Waals surface area contributed by atoms with Gasteiger partial charge in [0.05, 0.1) is 0 Å². The molecule has 0 aromatic heterocycles. The smallest absolute Gasteiger partial charge is 0.00964 e. The van der Waals surface area contributed by atoms with Gasteiger partial charge in [0.25, 0.3) is 0 Å². The third-order valence-corrected chi connectivity index (χ3v) is 11.3. The predicted molar refractivity (Wildman–Crippen MR) is 108 cm³/mol. The average molecular weight is 330 g/mol.